The first-order valence-corrected chi connectivity index (χ1v) is 5.15. The van der Waals surface area contributed by atoms with Gasteiger partial charge in [-0.05, 0) is 6.42 Å². The zero-order valence-electron chi connectivity index (χ0n) is 8.72. The lowest BCUT2D eigenvalue weighted by atomic mass is 10.3. The molecule has 0 unspecified atom stereocenters. The molecule has 0 amide bonds. The van der Waals surface area contributed by atoms with Gasteiger partial charge in [0.15, 0.2) is 6.29 Å². The van der Waals surface area contributed by atoms with Crippen LogP contribution in [0.1, 0.15) is 12.8 Å². The summed E-state index contributed by atoms with van der Waals surface area (Å²) in [5, 5.41) is 5.63. The van der Waals surface area contributed by atoms with Crippen molar-refractivity contribution in [1.29, 1.82) is 0 Å². The topological polar surface area (TPSA) is 86.2 Å². The summed E-state index contributed by atoms with van der Waals surface area (Å²) in [7, 11) is 0. The van der Waals surface area contributed by atoms with Crippen LogP contribution in [0.5, 0.6) is 0 Å². The zero-order chi connectivity index (χ0) is 11.4. The van der Waals surface area contributed by atoms with Crippen molar-refractivity contribution in [3.05, 3.63) is 27.0 Å². The normalized spacial score (nSPS) is 17.5. The number of aromatic amines is 1. The van der Waals surface area contributed by atoms with Crippen LogP contribution in [0.25, 0.3) is 0 Å². The van der Waals surface area contributed by atoms with Crippen LogP contribution in [0.3, 0.4) is 0 Å². The molecule has 7 heteroatoms. The average molecular weight is 227 g/mol. The molecule has 2 heterocycles. The van der Waals surface area contributed by atoms with Crippen molar-refractivity contribution in [3.8, 4) is 0 Å². The Balaban J connectivity index is 1.96. The monoisotopic (exact) mass is 227 g/mol. The average Bonchev–Trinajstić information content (AvgIpc) is 2.32. The van der Waals surface area contributed by atoms with Crippen molar-refractivity contribution in [3.63, 3.8) is 0 Å². The molecule has 0 atom stereocenters. The fourth-order valence-corrected chi connectivity index (χ4v) is 1.49. The largest absolute Gasteiger partial charge is 0.353 e. The van der Waals surface area contributed by atoms with Crippen molar-refractivity contribution < 1.29 is 9.47 Å². The molecule has 0 saturated carbocycles. The van der Waals surface area contributed by atoms with E-state index in [-0.39, 0.29) is 6.29 Å². The van der Waals surface area contributed by atoms with Crippen LogP contribution >= 0.6 is 0 Å². The Morgan fingerprint density at radius 2 is 2.19 bits per heavy atom. The van der Waals surface area contributed by atoms with Crippen LogP contribution < -0.4 is 11.1 Å². The molecule has 1 aliphatic heterocycles. The van der Waals surface area contributed by atoms with Gasteiger partial charge in [-0.1, -0.05) is 0 Å². The summed E-state index contributed by atoms with van der Waals surface area (Å²) < 4.78 is 11.9. The van der Waals surface area contributed by atoms with Crippen LogP contribution in [0.2, 0.25) is 0 Å². The van der Waals surface area contributed by atoms with Crippen LogP contribution in [-0.4, -0.2) is 34.3 Å². The second kappa shape index (κ2) is 5.04. The standard InChI is InChI=1S/C9H13N3O4/c13-8-9(14)12(6-10-11-8)3-2-7-15-4-1-5-16-7/h6-7H,1-5H2,(H,11,13). The fraction of sp³-hybridized carbons (Fsp3) is 0.667. The molecule has 7 nitrogen and oxygen atoms in total. The predicted octanol–water partition coefficient (Wildman–Crippen LogP) is -0.915. The number of ether oxygens (including phenoxy) is 2. The molecule has 88 valence electrons. The molecule has 0 bridgehead atoms. The summed E-state index contributed by atoms with van der Waals surface area (Å²) in [5.41, 5.74) is -1.32. The van der Waals surface area contributed by atoms with Crippen molar-refractivity contribution in [2.75, 3.05) is 13.2 Å². The van der Waals surface area contributed by atoms with Gasteiger partial charge in [-0.25, -0.2) is 5.10 Å². The first-order chi connectivity index (χ1) is 7.77. The Kier molecular flexibility index (Phi) is 3.47. The molecular weight excluding hydrogens is 214 g/mol. The minimum atomic E-state index is -0.715. The summed E-state index contributed by atoms with van der Waals surface area (Å²) in [6.45, 7) is 1.71. The molecule has 0 aliphatic carbocycles. The maximum Gasteiger partial charge on any atom is 0.330 e. The second-order valence-corrected chi connectivity index (χ2v) is 3.50. The van der Waals surface area contributed by atoms with E-state index >= 15 is 0 Å². The van der Waals surface area contributed by atoms with Crippen molar-refractivity contribution in [2.45, 2.75) is 25.7 Å². The maximum atomic E-state index is 11.3. The molecule has 1 fully saturated rings. The van der Waals surface area contributed by atoms with Crippen molar-refractivity contribution in [1.82, 2.24) is 14.8 Å². The summed E-state index contributed by atoms with van der Waals surface area (Å²) in [6.07, 6.45) is 2.43. The summed E-state index contributed by atoms with van der Waals surface area (Å²) in [5.74, 6) is 0. The highest BCUT2D eigenvalue weighted by atomic mass is 16.7. The van der Waals surface area contributed by atoms with E-state index in [4.69, 9.17) is 9.47 Å². The summed E-state index contributed by atoms with van der Waals surface area (Å²) >= 11 is 0. The highest BCUT2D eigenvalue weighted by Crippen LogP contribution is 2.08. The fourth-order valence-electron chi connectivity index (χ4n) is 1.49. The minimum absolute atomic E-state index is 0.292. The van der Waals surface area contributed by atoms with Crippen LogP contribution in [0, 0.1) is 0 Å². The molecule has 1 saturated heterocycles. The Hall–Kier alpha value is -1.47. The number of hydrogen-bond donors (Lipinski definition) is 1. The molecule has 0 spiro atoms. The van der Waals surface area contributed by atoms with Gasteiger partial charge in [-0.3, -0.25) is 14.2 Å². The first kappa shape index (κ1) is 11.0. The Labute approximate surface area is 91.0 Å². The smallest absolute Gasteiger partial charge is 0.330 e. The number of hydrogen-bond acceptors (Lipinski definition) is 5. The third kappa shape index (κ3) is 2.56. The van der Waals surface area contributed by atoms with Gasteiger partial charge < -0.3 is 9.47 Å². The van der Waals surface area contributed by atoms with Gasteiger partial charge in [0.25, 0.3) is 0 Å². The predicted molar refractivity (Wildman–Crippen MR) is 54.0 cm³/mol. The molecule has 1 N–H and O–H groups in total. The van der Waals surface area contributed by atoms with Gasteiger partial charge in [0.2, 0.25) is 0 Å². The lowest BCUT2D eigenvalue weighted by molar-refractivity contribution is -0.182. The van der Waals surface area contributed by atoms with E-state index in [1.165, 1.54) is 10.9 Å². The van der Waals surface area contributed by atoms with Gasteiger partial charge in [-0.2, -0.15) is 5.10 Å². The van der Waals surface area contributed by atoms with Crippen LogP contribution in [-0.2, 0) is 16.0 Å². The second-order valence-electron chi connectivity index (χ2n) is 3.50. The summed E-state index contributed by atoms with van der Waals surface area (Å²) in [6, 6.07) is 0. The highest BCUT2D eigenvalue weighted by molar-refractivity contribution is 4.74. The molecule has 0 radical (unpaired) electrons. The highest BCUT2D eigenvalue weighted by Gasteiger charge is 2.14. The van der Waals surface area contributed by atoms with Crippen molar-refractivity contribution in [2.24, 2.45) is 0 Å². The molecular formula is C9H13N3O4. The van der Waals surface area contributed by atoms with Gasteiger partial charge in [0.1, 0.15) is 6.33 Å². The Morgan fingerprint density at radius 3 is 2.94 bits per heavy atom. The zero-order valence-corrected chi connectivity index (χ0v) is 8.72. The summed E-state index contributed by atoms with van der Waals surface area (Å²) in [4.78, 5) is 22.3. The number of H-pyrrole nitrogens is 1. The van der Waals surface area contributed by atoms with Gasteiger partial charge in [-0.15, -0.1) is 0 Å². The molecule has 0 aromatic carbocycles. The lowest BCUT2D eigenvalue weighted by Gasteiger charge is -2.23. The van der Waals surface area contributed by atoms with Gasteiger partial charge >= 0.3 is 11.1 Å². The third-order valence-corrected chi connectivity index (χ3v) is 2.32. The first-order valence-electron chi connectivity index (χ1n) is 5.15. The SMILES string of the molecule is O=c1[nH]ncn(CCC2OCCCO2)c1=O. The molecule has 16 heavy (non-hydrogen) atoms. The number of aryl methyl sites for hydroxylation is 1. The number of aromatic nitrogens is 3. The molecule has 2 rings (SSSR count). The van der Waals surface area contributed by atoms with Gasteiger partial charge in [0, 0.05) is 13.0 Å². The molecule has 1 aromatic heterocycles. The maximum absolute atomic E-state index is 11.3. The number of nitrogens with one attached hydrogen (secondary N) is 1. The Morgan fingerprint density at radius 1 is 1.44 bits per heavy atom. The quantitative estimate of drug-likeness (QED) is 0.675. The number of rotatable bonds is 3. The van der Waals surface area contributed by atoms with E-state index < -0.39 is 11.1 Å². The van der Waals surface area contributed by atoms with Crippen molar-refractivity contribution >= 4 is 0 Å². The van der Waals surface area contributed by atoms with E-state index in [0.717, 1.165) is 6.42 Å². The van der Waals surface area contributed by atoms with E-state index in [0.29, 0.717) is 26.2 Å². The van der Waals surface area contributed by atoms with Crippen LogP contribution in [0.4, 0.5) is 0 Å². The van der Waals surface area contributed by atoms with Gasteiger partial charge in [0.05, 0.1) is 13.2 Å². The van der Waals surface area contributed by atoms with E-state index in [1.54, 1.807) is 0 Å². The van der Waals surface area contributed by atoms with E-state index in [9.17, 15) is 9.59 Å². The van der Waals surface area contributed by atoms with E-state index in [1.807, 2.05) is 0 Å². The van der Waals surface area contributed by atoms with Crippen LogP contribution in [0.15, 0.2) is 15.9 Å². The van der Waals surface area contributed by atoms with E-state index in [2.05, 4.69) is 10.2 Å². The third-order valence-electron chi connectivity index (χ3n) is 2.32. The lowest BCUT2D eigenvalue weighted by Crippen LogP contribution is -2.37. The number of nitrogens with zero attached hydrogens (tertiary/aromatic N) is 2. The molecule has 1 aromatic rings. The minimum Gasteiger partial charge on any atom is -0.353 e. The molecule has 1 aliphatic rings. The Bertz CT molecular complexity index is 447.